The summed E-state index contributed by atoms with van der Waals surface area (Å²) in [6, 6.07) is 0. The average molecular weight is 253 g/mol. The SMILES string of the molecule is CCCn1ncc(OC)c1C(=O)C(C)(C)N(C)C. The number of rotatable bonds is 6. The molecule has 0 aliphatic carbocycles. The second kappa shape index (κ2) is 5.52. The fourth-order valence-corrected chi connectivity index (χ4v) is 1.62. The van der Waals surface area contributed by atoms with Crippen LogP contribution in [0, 0.1) is 0 Å². The minimum absolute atomic E-state index is 0.0234. The van der Waals surface area contributed by atoms with Crippen molar-refractivity contribution in [2.24, 2.45) is 0 Å². The molecule has 1 heterocycles. The number of likely N-dealkylation sites (N-methyl/N-ethyl adjacent to an activating group) is 1. The Labute approximate surface area is 109 Å². The van der Waals surface area contributed by atoms with Crippen LogP contribution in [-0.4, -0.2) is 47.2 Å². The quantitative estimate of drug-likeness (QED) is 0.726. The molecule has 5 heteroatoms. The van der Waals surface area contributed by atoms with Crippen LogP contribution in [0.15, 0.2) is 6.20 Å². The van der Waals surface area contributed by atoms with E-state index in [1.165, 1.54) is 0 Å². The van der Waals surface area contributed by atoms with Gasteiger partial charge in [-0.05, 0) is 34.4 Å². The Hall–Kier alpha value is -1.36. The highest BCUT2D eigenvalue weighted by Gasteiger charge is 2.35. The van der Waals surface area contributed by atoms with Crippen molar-refractivity contribution in [3.63, 3.8) is 0 Å². The van der Waals surface area contributed by atoms with Crippen molar-refractivity contribution in [2.75, 3.05) is 21.2 Å². The number of aromatic nitrogens is 2. The molecule has 0 saturated heterocycles. The number of carbonyl (C=O) groups excluding carboxylic acids is 1. The van der Waals surface area contributed by atoms with Gasteiger partial charge in [0.15, 0.2) is 5.75 Å². The Morgan fingerprint density at radius 3 is 2.56 bits per heavy atom. The summed E-state index contributed by atoms with van der Waals surface area (Å²) in [7, 11) is 5.35. The number of hydrogen-bond donors (Lipinski definition) is 0. The van der Waals surface area contributed by atoms with Gasteiger partial charge in [0.1, 0.15) is 5.69 Å². The summed E-state index contributed by atoms with van der Waals surface area (Å²) in [5.41, 5.74) is -0.0308. The third kappa shape index (κ3) is 2.56. The Balaban J connectivity index is 3.22. The maximum absolute atomic E-state index is 12.7. The third-order valence-corrected chi connectivity index (χ3v) is 3.35. The first-order chi connectivity index (χ1) is 8.36. The van der Waals surface area contributed by atoms with Crippen LogP contribution in [0.25, 0.3) is 0 Å². The monoisotopic (exact) mass is 253 g/mol. The molecule has 0 bridgehead atoms. The van der Waals surface area contributed by atoms with E-state index in [1.807, 2.05) is 32.8 Å². The lowest BCUT2D eigenvalue weighted by molar-refractivity contribution is 0.0740. The van der Waals surface area contributed by atoms with Gasteiger partial charge in [0.25, 0.3) is 0 Å². The van der Waals surface area contributed by atoms with E-state index >= 15 is 0 Å². The van der Waals surface area contributed by atoms with E-state index in [0.29, 0.717) is 18.0 Å². The normalized spacial score (nSPS) is 11.9. The van der Waals surface area contributed by atoms with Gasteiger partial charge in [-0.1, -0.05) is 6.92 Å². The number of nitrogens with zero attached hydrogens (tertiary/aromatic N) is 3. The van der Waals surface area contributed by atoms with Gasteiger partial charge in [0, 0.05) is 6.54 Å². The van der Waals surface area contributed by atoms with E-state index in [9.17, 15) is 4.79 Å². The van der Waals surface area contributed by atoms with Crippen molar-refractivity contribution in [3.8, 4) is 5.75 Å². The van der Waals surface area contributed by atoms with Crippen molar-refractivity contribution in [3.05, 3.63) is 11.9 Å². The highest BCUT2D eigenvalue weighted by Crippen LogP contribution is 2.25. The topological polar surface area (TPSA) is 47.4 Å². The van der Waals surface area contributed by atoms with Gasteiger partial charge in [-0.25, -0.2) is 0 Å². The van der Waals surface area contributed by atoms with E-state index in [4.69, 9.17) is 4.74 Å². The summed E-state index contributed by atoms with van der Waals surface area (Å²) in [5, 5.41) is 4.22. The lowest BCUT2D eigenvalue weighted by Gasteiger charge is -2.31. The largest absolute Gasteiger partial charge is 0.493 e. The van der Waals surface area contributed by atoms with Crippen molar-refractivity contribution in [2.45, 2.75) is 39.3 Å². The minimum Gasteiger partial charge on any atom is -0.493 e. The predicted molar refractivity (Wildman–Crippen MR) is 71.2 cm³/mol. The standard InChI is InChI=1S/C13H23N3O2/c1-7-8-16-11(10(18-6)9-14-16)12(17)13(2,3)15(4)5/h9H,7-8H2,1-6H3. The molecule has 0 aliphatic heterocycles. The number of ketones is 1. The number of methoxy groups -OCH3 is 1. The Morgan fingerprint density at radius 1 is 1.50 bits per heavy atom. The van der Waals surface area contributed by atoms with Crippen molar-refractivity contribution in [1.29, 1.82) is 0 Å². The van der Waals surface area contributed by atoms with Crippen molar-refractivity contribution < 1.29 is 9.53 Å². The molecule has 5 nitrogen and oxygen atoms in total. The molecule has 18 heavy (non-hydrogen) atoms. The van der Waals surface area contributed by atoms with Crippen LogP contribution in [0.2, 0.25) is 0 Å². The Morgan fingerprint density at radius 2 is 2.11 bits per heavy atom. The zero-order chi connectivity index (χ0) is 13.9. The zero-order valence-electron chi connectivity index (χ0n) is 12.1. The van der Waals surface area contributed by atoms with Crippen LogP contribution in [0.4, 0.5) is 0 Å². The Bertz CT molecular complexity index is 422. The van der Waals surface area contributed by atoms with Gasteiger partial charge in [-0.3, -0.25) is 14.4 Å². The minimum atomic E-state index is -0.585. The molecule has 0 spiro atoms. The number of aryl methyl sites for hydroxylation is 1. The molecule has 0 unspecified atom stereocenters. The highest BCUT2D eigenvalue weighted by atomic mass is 16.5. The first-order valence-corrected chi connectivity index (χ1v) is 6.18. The second-order valence-corrected chi connectivity index (χ2v) is 5.07. The summed E-state index contributed by atoms with van der Waals surface area (Å²) in [4.78, 5) is 14.6. The molecule has 1 aromatic heterocycles. The first kappa shape index (κ1) is 14.7. The van der Waals surface area contributed by atoms with Crippen molar-refractivity contribution in [1.82, 2.24) is 14.7 Å². The summed E-state index contributed by atoms with van der Waals surface area (Å²) >= 11 is 0. The van der Waals surface area contributed by atoms with E-state index in [1.54, 1.807) is 18.0 Å². The van der Waals surface area contributed by atoms with Gasteiger partial charge >= 0.3 is 0 Å². The summed E-state index contributed by atoms with van der Waals surface area (Å²) in [6.07, 6.45) is 2.53. The van der Waals surface area contributed by atoms with Crippen LogP contribution >= 0.6 is 0 Å². The molecule has 0 saturated carbocycles. The van der Waals surface area contributed by atoms with Crippen LogP contribution in [0.1, 0.15) is 37.7 Å². The lowest BCUT2D eigenvalue weighted by Crippen LogP contribution is -2.46. The summed E-state index contributed by atoms with van der Waals surface area (Å²) < 4.78 is 6.97. The van der Waals surface area contributed by atoms with Crippen molar-refractivity contribution >= 4 is 5.78 Å². The molecule has 0 atom stereocenters. The zero-order valence-corrected chi connectivity index (χ0v) is 12.1. The lowest BCUT2D eigenvalue weighted by atomic mass is 9.95. The molecule has 0 aromatic carbocycles. The maximum atomic E-state index is 12.7. The number of hydrogen-bond acceptors (Lipinski definition) is 4. The molecule has 0 radical (unpaired) electrons. The average Bonchev–Trinajstić information content (AvgIpc) is 2.71. The van der Waals surface area contributed by atoms with Gasteiger partial charge in [-0.2, -0.15) is 5.10 Å². The molecule has 0 aliphatic rings. The maximum Gasteiger partial charge on any atom is 0.204 e. The molecular weight excluding hydrogens is 230 g/mol. The first-order valence-electron chi connectivity index (χ1n) is 6.18. The third-order valence-electron chi connectivity index (χ3n) is 3.35. The number of Topliss-reactive ketones (excluding diaryl/α,β-unsaturated/α-hetero) is 1. The number of carbonyl (C=O) groups is 1. The molecule has 102 valence electrons. The van der Waals surface area contributed by atoms with Crippen LogP contribution in [0.3, 0.4) is 0 Å². The van der Waals surface area contributed by atoms with Gasteiger partial charge in [-0.15, -0.1) is 0 Å². The smallest absolute Gasteiger partial charge is 0.204 e. The molecule has 1 aromatic rings. The number of ether oxygens (including phenoxy) is 1. The Kier molecular flexibility index (Phi) is 4.51. The highest BCUT2D eigenvalue weighted by molar-refractivity contribution is 6.03. The fraction of sp³-hybridized carbons (Fsp3) is 0.692. The summed E-state index contributed by atoms with van der Waals surface area (Å²) in [5.74, 6) is 0.568. The molecule has 0 N–H and O–H groups in total. The summed E-state index contributed by atoms with van der Waals surface area (Å²) in [6.45, 7) is 6.57. The molecule has 1 rings (SSSR count). The van der Waals surface area contributed by atoms with Gasteiger partial charge in [0.2, 0.25) is 5.78 Å². The molecular formula is C13H23N3O2. The fourth-order valence-electron chi connectivity index (χ4n) is 1.62. The van der Waals surface area contributed by atoms with E-state index in [2.05, 4.69) is 12.0 Å². The molecule has 0 amide bonds. The van der Waals surface area contributed by atoms with E-state index in [-0.39, 0.29) is 5.78 Å². The molecule has 0 fully saturated rings. The van der Waals surface area contributed by atoms with Gasteiger partial charge < -0.3 is 4.74 Å². The van der Waals surface area contributed by atoms with Crippen LogP contribution < -0.4 is 4.74 Å². The second-order valence-electron chi connectivity index (χ2n) is 5.07. The van der Waals surface area contributed by atoms with Crippen LogP contribution in [-0.2, 0) is 6.54 Å². The van der Waals surface area contributed by atoms with E-state index in [0.717, 1.165) is 6.42 Å². The van der Waals surface area contributed by atoms with E-state index < -0.39 is 5.54 Å². The van der Waals surface area contributed by atoms with Gasteiger partial charge in [0.05, 0.1) is 18.8 Å². The predicted octanol–water partition coefficient (Wildman–Crippen LogP) is 1.82. The van der Waals surface area contributed by atoms with Crippen LogP contribution in [0.5, 0.6) is 5.75 Å².